The highest BCUT2D eigenvalue weighted by atomic mass is 16.2. The zero-order chi connectivity index (χ0) is 17.1. The number of rotatable bonds is 6. The van der Waals surface area contributed by atoms with Crippen LogP contribution in [0.2, 0.25) is 0 Å². The van der Waals surface area contributed by atoms with Gasteiger partial charge in [-0.2, -0.15) is 0 Å². The van der Waals surface area contributed by atoms with Crippen LogP contribution in [0.1, 0.15) is 24.8 Å². The molecule has 1 aliphatic rings. The molecule has 4 heteroatoms. The van der Waals surface area contributed by atoms with Gasteiger partial charge in [0, 0.05) is 44.5 Å². The number of benzene rings is 1. The summed E-state index contributed by atoms with van der Waals surface area (Å²) in [5, 5.41) is 10.5. The van der Waals surface area contributed by atoms with Gasteiger partial charge in [-0.05, 0) is 68.9 Å². The first-order valence-corrected chi connectivity index (χ1v) is 9.12. The molecule has 24 heavy (non-hydrogen) atoms. The minimum absolute atomic E-state index is 0.306. The van der Waals surface area contributed by atoms with Gasteiger partial charge in [0.15, 0.2) is 0 Å². The highest BCUT2D eigenvalue weighted by molar-refractivity contribution is 5.80. The third-order valence-electron chi connectivity index (χ3n) is 5.53. The molecule has 1 aromatic carbocycles. The average Bonchev–Trinajstić information content (AvgIpc) is 2.94. The van der Waals surface area contributed by atoms with Gasteiger partial charge in [-0.15, -0.1) is 0 Å². The Morgan fingerprint density at radius 3 is 2.83 bits per heavy atom. The largest absolute Gasteiger partial charge is 0.396 e. The second-order valence-electron chi connectivity index (χ2n) is 7.50. The van der Waals surface area contributed by atoms with Crippen molar-refractivity contribution >= 4 is 10.9 Å². The van der Waals surface area contributed by atoms with Crippen LogP contribution in [0.5, 0.6) is 0 Å². The quantitative estimate of drug-likeness (QED) is 0.884. The number of piperidine rings is 1. The van der Waals surface area contributed by atoms with Crippen molar-refractivity contribution in [1.82, 2.24) is 14.4 Å². The topological polar surface area (TPSA) is 31.6 Å². The standard InChI is InChI=1S/C20H31N3O/c1-21(2)19-9-11-23(15-18(19)5-4-12-24)14-16-6-7-17-8-10-22(3)20(17)13-16/h6-8,10,13,18-19,24H,4-5,9,11-12,14-15H2,1-3H3/t18-,19+/m0/s1. The summed E-state index contributed by atoms with van der Waals surface area (Å²) in [5.74, 6) is 0.652. The van der Waals surface area contributed by atoms with Gasteiger partial charge >= 0.3 is 0 Å². The molecule has 0 saturated carbocycles. The monoisotopic (exact) mass is 329 g/mol. The van der Waals surface area contributed by atoms with Crippen LogP contribution in [0.25, 0.3) is 10.9 Å². The molecular weight excluding hydrogens is 298 g/mol. The number of aryl methyl sites for hydroxylation is 1. The molecule has 0 amide bonds. The summed E-state index contributed by atoms with van der Waals surface area (Å²) < 4.78 is 2.20. The fraction of sp³-hybridized carbons (Fsp3) is 0.600. The molecule has 1 aromatic heterocycles. The molecule has 1 fully saturated rings. The summed E-state index contributed by atoms with van der Waals surface area (Å²) in [6.07, 6.45) is 5.38. The molecule has 1 N–H and O–H groups in total. The summed E-state index contributed by atoms with van der Waals surface area (Å²) >= 11 is 0. The van der Waals surface area contributed by atoms with Crippen LogP contribution in [0.4, 0.5) is 0 Å². The van der Waals surface area contributed by atoms with Crippen molar-refractivity contribution in [3.63, 3.8) is 0 Å². The van der Waals surface area contributed by atoms with Crippen LogP contribution in [-0.4, -0.2) is 59.3 Å². The fourth-order valence-corrected chi connectivity index (χ4v) is 4.22. The zero-order valence-corrected chi connectivity index (χ0v) is 15.3. The lowest BCUT2D eigenvalue weighted by molar-refractivity contribution is 0.0717. The van der Waals surface area contributed by atoms with Gasteiger partial charge in [0.2, 0.25) is 0 Å². The Hall–Kier alpha value is -1.36. The van der Waals surface area contributed by atoms with E-state index >= 15 is 0 Å². The van der Waals surface area contributed by atoms with Crippen LogP contribution in [0.3, 0.4) is 0 Å². The molecule has 2 aromatic rings. The molecule has 3 rings (SSSR count). The SMILES string of the molecule is CN(C)[C@@H]1CCN(Cc2ccc3ccn(C)c3c2)C[C@@H]1CCCO. The number of hydrogen-bond acceptors (Lipinski definition) is 3. The molecule has 0 aliphatic carbocycles. The summed E-state index contributed by atoms with van der Waals surface area (Å²) in [6, 6.07) is 9.65. The molecule has 132 valence electrons. The van der Waals surface area contributed by atoms with Gasteiger partial charge in [0.05, 0.1) is 0 Å². The van der Waals surface area contributed by atoms with E-state index in [-0.39, 0.29) is 0 Å². The molecule has 0 radical (unpaired) electrons. The first-order chi connectivity index (χ1) is 11.6. The van der Waals surface area contributed by atoms with Gasteiger partial charge in [-0.1, -0.05) is 12.1 Å². The van der Waals surface area contributed by atoms with Crippen LogP contribution >= 0.6 is 0 Å². The summed E-state index contributed by atoms with van der Waals surface area (Å²) in [6.45, 7) is 3.62. The van der Waals surface area contributed by atoms with Crippen molar-refractivity contribution in [3.05, 3.63) is 36.0 Å². The number of aromatic nitrogens is 1. The van der Waals surface area contributed by atoms with E-state index in [9.17, 15) is 5.11 Å². The van der Waals surface area contributed by atoms with Gasteiger partial charge in [-0.3, -0.25) is 4.90 Å². The van der Waals surface area contributed by atoms with Crippen molar-refractivity contribution in [2.75, 3.05) is 33.8 Å². The van der Waals surface area contributed by atoms with E-state index in [2.05, 4.69) is 66.0 Å². The predicted octanol–water partition coefficient (Wildman–Crippen LogP) is 2.70. The fourth-order valence-electron chi connectivity index (χ4n) is 4.22. The van der Waals surface area contributed by atoms with E-state index in [1.54, 1.807) is 0 Å². The van der Waals surface area contributed by atoms with E-state index in [0.29, 0.717) is 18.6 Å². The van der Waals surface area contributed by atoms with Gasteiger partial charge in [0.1, 0.15) is 0 Å². The van der Waals surface area contributed by atoms with Crippen LogP contribution in [-0.2, 0) is 13.6 Å². The molecule has 1 saturated heterocycles. The lowest BCUT2D eigenvalue weighted by Gasteiger charge is -2.41. The molecule has 0 unspecified atom stereocenters. The Morgan fingerprint density at radius 2 is 2.08 bits per heavy atom. The first kappa shape index (κ1) is 17.5. The molecule has 2 atom stereocenters. The van der Waals surface area contributed by atoms with E-state index in [0.717, 1.165) is 32.5 Å². The number of likely N-dealkylation sites (tertiary alicyclic amines) is 1. The predicted molar refractivity (Wildman–Crippen MR) is 100 cm³/mol. The number of aliphatic hydroxyl groups excluding tert-OH is 1. The van der Waals surface area contributed by atoms with Crippen LogP contribution in [0, 0.1) is 5.92 Å². The van der Waals surface area contributed by atoms with Gasteiger partial charge in [0.25, 0.3) is 0 Å². The molecule has 2 heterocycles. The van der Waals surface area contributed by atoms with Gasteiger partial charge in [-0.25, -0.2) is 0 Å². The van der Waals surface area contributed by atoms with E-state index in [1.807, 2.05) is 0 Å². The molecule has 0 spiro atoms. The lowest BCUT2D eigenvalue weighted by Crippen LogP contribution is -2.48. The summed E-state index contributed by atoms with van der Waals surface area (Å²) in [5.41, 5.74) is 2.71. The van der Waals surface area contributed by atoms with Crippen LogP contribution < -0.4 is 0 Å². The van der Waals surface area contributed by atoms with E-state index in [1.165, 1.54) is 22.9 Å². The smallest absolute Gasteiger partial charge is 0.0480 e. The third-order valence-corrected chi connectivity index (χ3v) is 5.53. The Kier molecular flexibility index (Phi) is 5.59. The van der Waals surface area contributed by atoms with Crippen LogP contribution in [0.15, 0.2) is 30.5 Å². The van der Waals surface area contributed by atoms with Crippen molar-refractivity contribution in [2.45, 2.75) is 31.8 Å². The molecule has 0 bridgehead atoms. The number of nitrogens with zero attached hydrogens (tertiary/aromatic N) is 3. The number of aliphatic hydroxyl groups is 1. The Labute approximate surface area is 145 Å². The molecule has 4 nitrogen and oxygen atoms in total. The highest BCUT2D eigenvalue weighted by Gasteiger charge is 2.30. The lowest BCUT2D eigenvalue weighted by atomic mass is 9.87. The van der Waals surface area contributed by atoms with Crippen molar-refractivity contribution in [1.29, 1.82) is 0 Å². The summed E-state index contributed by atoms with van der Waals surface area (Å²) in [4.78, 5) is 4.96. The van der Waals surface area contributed by atoms with Crippen molar-refractivity contribution < 1.29 is 5.11 Å². The first-order valence-electron chi connectivity index (χ1n) is 9.12. The van der Waals surface area contributed by atoms with E-state index in [4.69, 9.17) is 0 Å². The highest BCUT2D eigenvalue weighted by Crippen LogP contribution is 2.26. The van der Waals surface area contributed by atoms with Gasteiger partial charge < -0.3 is 14.6 Å². The second-order valence-corrected chi connectivity index (χ2v) is 7.50. The average molecular weight is 329 g/mol. The van der Waals surface area contributed by atoms with Crippen molar-refractivity contribution in [3.8, 4) is 0 Å². The Balaban J connectivity index is 1.68. The minimum Gasteiger partial charge on any atom is -0.396 e. The maximum atomic E-state index is 9.20. The zero-order valence-electron chi connectivity index (χ0n) is 15.3. The molecule has 1 aliphatic heterocycles. The van der Waals surface area contributed by atoms with E-state index < -0.39 is 0 Å². The third kappa shape index (κ3) is 3.82. The number of fused-ring (bicyclic) bond motifs is 1. The second kappa shape index (κ2) is 7.68. The molecular formula is C20H31N3O. The maximum Gasteiger partial charge on any atom is 0.0480 e. The Bertz CT molecular complexity index is 664. The van der Waals surface area contributed by atoms with Crippen molar-refractivity contribution in [2.24, 2.45) is 13.0 Å². The normalized spacial score (nSPS) is 22.5. The summed E-state index contributed by atoms with van der Waals surface area (Å²) in [7, 11) is 6.49. The maximum absolute atomic E-state index is 9.20. The Morgan fingerprint density at radius 1 is 1.25 bits per heavy atom. The number of hydrogen-bond donors (Lipinski definition) is 1. The minimum atomic E-state index is 0.306.